The molecule has 3 unspecified atom stereocenters. The fraction of sp³-hybridized carbons (Fsp3) is 0.500. The first-order valence-electron chi connectivity index (χ1n) is 7.30. The van der Waals surface area contributed by atoms with Crippen LogP contribution in [-0.2, 0) is 22.9 Å². The van der Waals surface area contributed by atoms with E-state index in [0.29, 0.717) is 0 Å². The molecule has 27 heavy (non-hydrogen) atoms. The molecule has 0 aliphatic carbocycles. The number of nitrogens with zero attached hydrogens (tertiary/aromatic N) is 2. The van der Waals surface area contributed by atoms with Gasteiger partial charge in [-0.1, -0.05) is 0 Å². The topological polar surface area (TPSA) is 234 Å². The van der Waals surface area contributed by atoms with Crippen molar-refractivity contribution >= 4 is 32.8 Å². The first-order chi connectivity index (χ1) is 12.4. The lowest BCUT2D eigenvalue weighted by atomic mass is 10.2. The Labute approximate surface area is 149 Å². The summed E-state index contributed by atoms with van der Waals surface area (Å²) in [6, 6.07) is 0. The second-order valence-corrected chi connectivity index (χ2v) is 8.03. The number of phosphoric ester groups is 2. The Morgan fingerprint density at radius 1 is 1.33 bits per heavy atom. The van der Waals surface area contributed by atoms with Gasteiger partial charge in [0.05, 0.1) is 6.61 Å². The van der Waals surface area contributed by atoms with E-state index in [1.54, 1.807) is 0 Å². The third-order valence-corrected chi connectivity index (χ3v) is 4.75. The standard InChI is InChI=1S/C10H15N5O10P2/c11-10-14-9(16)7-8(13-3-12-7)15(10)6-1-4(25-27(20,21)22)5(24-6)2-23-26(17,18)19/h3-6H,1-2H2,(H7,11,12,13,14,16,17,18,19,20,21,22)/p+1. The Morgan fingerprint density at radius 3 is 2.67 bits per heavy atom. The average Bonchev–Trinajstić information content (AvgIpc) is 3.10. The Kier molecular flexibility index (Phi) is 5.24. The molecule has 1 fully saturated rings. The van der Waals surface area contributed by atoms with E-state index in [-0.39, 0.29) is 23.5 Å². The van der Waals surface area contributed by atoms with Gasteiger partial charge in [0.2, 0.25) is 0 Å². The number of aromatic amines is 2. The molecule has 1 saturated heterocycles. The van der Waals surface area contributed by atoms with Crippen molar-refractivity contribution in [3.8, 4) is 0 Å². The number of ether oxygens (including phenoxy) is 1. The maximum atomic E-state index is 11.9. The first kappa shape index (κ1) is 20.1. The smallest absolute Gasteiger partial charge is 0.340 e. The zero-order valence-electron chi connectivity index (χ0n) is 13.3. The lowest BCUT2D eigenvalue weighted by molar-refractivity contribution is -0.728. The molecule has 2 aromatic rings. The van der Waals surface area contributed by atoms with E-state index < -0.39 is 46.2 Å². The second kappa shape index (κ2) is 7.05. The second-order valence-electron chi connectivity index (χ2n) is 5.60. The number of rotatable bonds is 6. The highest BCUT2D eigenvalue weighted by Gasteiger charge is 2.44. The molecule has 15 nitrogen and oxygen atoms in total. The molecule has 0 radical (unpaired) electrons. The van der Waals surface area contributed by atoms with E-state index in [1.165, 1.54) is 10.9 Å². The summed E-state index contributed by atoms with van der Waals surface area (Å²) in [6.07, 6.45) is -2.49. The molecule has 2 aromatic heterocycles. The fourth-order valence-corrected chi connectivity index (χ4v) is 3.66. The van der Waals surface area contributed by atoms with E-state index in [4.69, 9.17) is 30.0 Å². The Bertz CT molecular complexity index is 994. The van der Waals surface area contributed by atoms with Crippen LogP contribution in [0, 0.1) is 0 Å². The number of anilines is 1. The van der Waals surface area contributed by atoms with Gasteiger partial charge >= 0.3 is 27.2 Å². The summed E-state index contributed by atoms with van der Waals surface area (Å²) >= 11 is 0. The summed E-state index contributed by atoms with van der Waals surface area (Å²) in [5.74, 6) is -0.156. The van der Waals surface area contributed by atoms with Gasteiger partial charge in [0, 0.05) is 6.42 Å². The zero-order valence-corrected chi connectivity index (χ0v) is 15.1. The third kappa shape index (κ3) is 4.60. The summed E-state index contributed by atoms with van der Waals surface area (Å²) in [5.41, 5.74) is 5.45. The molecular weight excluding hydrogens is 412 g/mol. The van der Waals surface area contributed by atoms with Crippen molar-refractivity contribution in [1.82, 2.24) is 15.0 Å². The molecule has 3 heterocycles. The van der Waals surface area contributed by atoms with Gasteiger partial charge in [0.15, 0.2) is 18.1 Å². The molecule has 0 bridgehead atoms. The highest BCUT2D eigenvalue weighted by molar-refractivity contribution is 7.46. The molecular formula is C10H16N5O10P2+. The van der Waals surface area contributed by atoms with Gasteiger partial charge in [-0.2, -0.15) is 4.57 Å². The fourth-order valence-electron chi connectivity index (χ4n) is 2.75. The number of fused-ring (bicyclic) bond motifs is 1. The van der Waals surface area contributed by atoms with Gasteiger partial charge in [-0.3, -0.25) is 13.8 Å². The third-order valence-electron chi connectivity index (χ3n) is 3.72. The van der Waals surface area contributed by atoms with Crippen molar-refractivity contribution in [2.45, 2.75) is 24.9 Å². The average molecular weight is 428 g/mol. The molecule has 1 aliphatic rings. The van der Waals surface area contributed by atoms with Crippen LogP contribution in [0.3, 0.4) is 0 Å². The van der Waals surface area contributed by atoms with Crippen LogP contribution in [0.2, 0.25) is 0 Å². The van der Waals surface area contributed by atoms with Gasteiger partial charge < -0.3 is 35.0 Å². The lowest BCUT2D eigenvalue weighted by Crippen LogP contribution is -2.46. The maximum Gasteiger partial charge on any atom is 0.469 e. The highest BCUT2D eigenvalue weighted by atomic mass is 31.2. The minimum absolute atomic E-state index is 0.0789. The van der Waals surface area contributed by atoms with E-state index in [1.807, 2.05) is 0 Å². The number of nitrogens with one attached hydrogen (secondary N) is 2. The van der Waals surface area contributed by atoms with Crippen LogP contribution < -0.4 is 15.9 Å². The molecule has 1 aliphatic heterocycles. The molecule has 17 heteroatoms. The molecule has 8 N–H and O–H groups in total. The molecule has 0 saturated carbocycles. The Balaban J connectivity index is 1.93. The number of imidazole rings is 1. The largest absolute Gasteiger partial charge is 0.469 e. The van der Waals surface area contributed by atoms with Crippen molar-refractivity contribution in [2.24, 2.45) is 0 Å². The van der Waals surface area contributed by atoms with E-state index in [0.717, 1.165) is 0 Å². The Hall–Kier alpha value is -1.67. The molecule has 0 spiro atoms. The monoisotopic (exact) mass is 428 g/mol. The summed E-state index contributed by atoms with van der Waals surface area (Å²) < 4.78 is 37.9. The summed E-state index contributed by atoms with van der Waals surface area (Å²) in [5, 5.41) is 0. The number of aromatic nitrogens is 4. The molecule has 150 valence electrons. The number of phosphoric acid groups is 2. The summed E-state index contributed by atoms with van der Waals surface area (Å²) in [4.78, 5) is 56.6. The van der Waals surface area contributed by atoms with Gasteiger partial charge in [0.1, 0.15) is 12.2 Å². The maximum absolute atomic E-state index is 11.9. The summed E-state index contributed by atoms with van der Waals surface area (Å²) in [7, 11) is -9.80. The van der Waals surface area contributed by atoms with Gasteiger partial charge in [-0.05, 0) is 0 Å². The summed E-state index contributed by atoms with van der Waals surface area (Å²) in [6.45, 7) is -0.709. The van der Waals surface area contributed by atoms with Crippen molar-refractivity contribution < 1.29 is 47.1 Å². The number of nitrogen functional groups attached to an aromatic ring is 1. The van der Waals surface area contributed by atoms with Crippen molar-refractivity contribution in [3.05, 3.63) is 16.7 Å². The molecule has 0 amide bonds. The minimum atomic E-state index is -4.94. The van der Waals surface area contributed by atoms with Crippen LogP contribution in [-0.4, -0.2) is 53.3 Å². The van der Waals surface area contributed by atoms with Crippen LogP contribution in [0.4, 0.5) is 5.95 Å². The van der Waals surface area contributed by atoms with Crippen LogP contribution in [0.15, 0.2) is 11.1 Å². The van der Waals surface area contributed by atoms with Crippen molar-refractivity contribution in [3.63, 3.8) is 0 Å². The predicted octanol–water partition coefficient (Wildman–Crippen LogP) is -2.00. The highest BCUT2D eigenvalue weighted by Crippen LogP contribution is 2.44. The molecule has 3 rings (SSSR count). The quantitative estimate of drug-likeness (QED) is 0.195. The SMILES string of the molecule is Nc1[nH]c(=O)c2[nH]cnc2[n+]1C1CC(OP(=O)(O)O)C(COP(=O)(O)O)O1. The van der Waals surface area contributed by atoms with Gasteiger partial charge in [-0.25, -0.2) is 14.1 Å². The number of nitrogens with two attached hydrogens (primary N) is 1. The van der Waals surface area contributed by atoms with E-state index in [2.05, 4.69) is 24.0 Å². The van der Waals surface area contributed by atoms with Crippen molar-refractivity contribution in [1.29, 1.82) is 0 Å². The van der Waals surface area contributed by atoms with Crippen LogP contribution in [0.1, 0.15) is 12.6 Å². The first-order valence-corrected chi connectivity index (χ1v) is 10.4. The van der Waals surface area contributed by atoms with Crippen LogP contribution in [0.5, 0.6) is 0 Å². The number of hydrogen-bond acceptors (Lipinski definition) is 8. The van der Waals surface area contributed by atoms with E-state index in [9.17, 15) is 13.9 Å². The van der Waals surface area contributed by atoms with Gasteiger partial charge in [-0.15, -0.1) is 4.98 Å². The van der Waals surface area contributed by atoms with Gasteiger partial charge in [0.25, 0.3) is 5.65 Å². The van der Waals surface area contributed by atoms with E-state index >= 15 is 0 Å². The van der Waals surface area contributed by atoms with Crippen molar-refractivity contribution in [2.75, 3.05) is 12.3 Å². The molecule has 0 aromatic carbocycles. The zero-order chi connectivity index (χ0) is 20.0. The number of H-pyrrole nitrogens is 2. The number of hydrogen-bond donors (Lipinski definition) is 7. The molecule has 3 atom stereocenters. The normalized spacial score (nSPS) is 23.9. The lowest BCUT2D eigenvalue weighted by Gasteiger charge is -2.19. The predicted molar refractivity (Wildman–Crippen MR) is 84.8 cm³/mol. The van der Waals surface area contributed by atoms with Crippen LogP contribution in [0.25, 0.3) is 11.2 Å². The van der Waals surface area contributed by atoms with Crippen LogP contribution >= 0.6 is 15.6 Å². The Morgan fingerprint density at radius 2 is 2.04 bits per heavy atom. The minimum Gasteiger partial charge on any atom is -0.340 e.